The van der Waals surface area contributed by atoms with E-state index in [-0.39, 0.29) is 18.5 Å². The van der Waals surface area contributed by atoms with Gasteiger partial charge in [-0.05, 0) is 19.3 Å². The molecule has 1 heterocycles. The minimum absolute atomic E-state index is 0.0497. The van der Waals surface area contributed by atoms with E-state index in [0.29, 0.717) is 13.0 Å². The van der Waals surface area contributed by atoms with Gasteiger partial charge in [0.25, 0.3) is 5.91 Å². The summed E-state index contributed by atoms with van der Waals surface area (Å²) < 4.78 is 0. The van der Waals surface area contributed by atoms with Crippen molar-refractivity contribution in [2.75, 3.05) is 13.2 Å². The maximum Gasteiger partial charge on any atom is 0.325 e. The molecule has 0 radical (unpaired) electrons. The van der Waals surface area contributed by atoms with Crippen LogP contribution in [0.3, 0.4) is 0 Å². The highest BCUT2D eigenvalue weighted by molar-refractivity contribution is 6.07. The number of urea groups is 1. The van der Waals surface area contributed by atoms with Gasteiger partial charge >= 0.3 is 6.03 Å². The standard InChI is InChI=1S/C11H18N2O3/c14-8-4-7-13-10(16)12-9(15)11(13)5-2-1-3-6-11/h14H,1-8H2,(H,12,15,16). The first kappa shape index (κ1) is 11.4. The predicted molar refractivity (Wildman–Crippen MR) is 57.8 cm³/mol. The van der Waals surface area contributed by atoms with E-state index in [0.717, 1.165) is 32.1 Å². The lowest BCUT2D eigenvalue weighted by Crippen LogP contribution is -2.51. The van der Waals surface area contributed by atoms with Crippen molar-refractivity contribution in [3.05, 3.63) is 0 Å². The van der Waals surface area contributed by atoms with Crippen LogP contribution in [-0.4, -0.2) is 40.6 Å². The first-order chi connectivity index (χ1) is 7.70. The number of imide groups is 1. The molecule has 1 saturated heterocycles. The van der Waals surface area contributed by atoms with Crippen LogP contribution < -0.4 is 5.32 Å². The smallest absolute Gasteiger partial charge is 0.325 e. The predicted octanol–water partition coefficient (Wildman–Crippen LogP) is 0.623. The Morgan fingerprint density at radius 3 is 2.56 bits per heavy atom. The van der Waals surface area contributed by atoms with Crippen LogP contribution >= 0.6 is 0 Å². The van der Waals surface area contributed by atoms with Gasteiger partial charge in [0.15, 0.2) is 0 Å². The number of hydrogen-bond donors (Lipinski definition) is 2. The molecule has 3 amide bonds. The first-order valence-electron chi connectivity index (χ1n) is 5.95. The number of nitrogens with zero attached hydrogens (tertiary/aromatic N) is 1. The largest absolute Gasteiger partial charge is 0.396 e. The second-order valence-corrected chi connectivity index (χ2v) is 4.58. The summed E-state index contributed by atoms with van der Waals surface area (Å²) in [7, 11) is 0. The van der Waals surface area contributed by atoms with Gasteiger partial charge in [0.2, 0.25) is 0 Å². The van der Waals surface area contributed by atoms with Gasteiger partial charge < -0.3 is 10.0 Å². The maximum absolute atomic E-state index is 11.9. The Bertz CT molecular complexity index is 298. The summed E-state index contributed by atoms with van der Waals surface area (Å²) >= 11 is 0. The second kappa shape index (κ2) is 4.41. The zero-order chi connectivity index (χ0) is 11.6. The fourth-order valence-corrected chi connectivity index (χ4v) is 2.78. The third-order valence-corrected chi connectivity index (χ3v) is 3.63. The van der Waals surface area contributed by atoms with Crippen molar-refractivity contribution in [1.29, 1.82) is 0 Å². The van der Waals surface area contributed by atoms with Gasteiger partial charge in [-0.25, -0.2) is 4.79 Å². The highest BCUT2D eigenvalue weighted by Gasteiger charge is 2.52. The molecule has 90 valence electrons. The average molecular weight is 226 g/mol. The monoisotopic (exact) mass is 226 g/mol. The molecule has 1 saturated carbocycles. The van der Waals surface area contributed by atoms with Crippen LogP contribution in [0.2, 0.25) is 0 Å². The Kier molecular flexibility index (Phi) is 3.14. The van der Waals surface area contributed by atoms with E-state index in [1.54, 1.807) is 4.90 Å². The molecule has 1 aliphatic carbocycles. The highest BCUT2D eigenvalue weighted by Crippen LogP contribution is 2.36. The van der Waals surface area contributed by atoms with Crippen molar-refractivity contribution in [3.63, 3.8) is 0 Å². The van der Waals surface area contributed by atoms with Crippen LogP contribution in [0.1, 0.15) is 38.5 Å². The van der Waals surface area contributed by atoms with Crippen LogP contribution in [-0.2, 0) is 4.79 Å². The van der Waals surface area contributed by atoms with Crippen molar-refractivity contribution in [3.8, 4) is 0 Å². The Morgan fingerprint density at radius 1 is 1.25 bits per heavy atom. The van der Waals surface area contributed by atoms with Crippen molar-refractivity contribution in [2.45, 2.75) is 44.1 Å². The Morgan fingerprint density at radius 2 is 1.94 bits per heavy atom. The van der Waals surface area contributed by atoms with E-state index in [1.807, 2.05) is 0 Å². The lowest BCUT2D eigenvalue weighted by Gasteiger charge is -2.38. The molecule has 0 aromatic rings. The van der Waals surface area contributed by atoms with E-state index in [9.17, 15) is 9.59 Å². The number of carbonyl (C=O) groups excluding carboxylic acids is 2. The molecule has 2 fully saturated rings. The molecular weight excluding hydrogens is 208 g/mol. The molecule has 0 bridgehead atoms. The Labute approximate surface area is 94.8 Å². The summed E-state index contributed by atoms with van der Waals surface area (Å²) in [5.41, 5.74) is -0.607. The number of carbonyl (C=O) groups is 2. The van der Waals surface area contributed by atoms with Gasteiger partial charge in [-0.15, -0.1) is 0 Å². The topological polar surface area (TPSA) is 69.6 Å². The molecule has 1 aliphatic heterocycles. The molecule has 2 aliphatic rings. The summed E-state index contributed by atoms with van der Waals surface area (Å²) in [5, 5.41) is 11.2. The van der Waals surface area contributed by atoms with Crippen LogP contribution in [0.5, 0.6) is 0 Å². The van der Waals surface area contributed by atoms with Gasteiger partial charge in [-0.3, -0.25) is 10.1 Å². The molecular formula is C11H18N2O3. The number of aliphatic hydroxyl groups excluding tert-OH is 1. The number of rotatable bonds is 3. The molecule has 0 aromatic heterocycles. The van der Waals surface area contributed by atoms with Crippen molar-refractivity contribution in [1.82, 2.24) is 10.2 Å². The summed E-state index contributed by atoms with van der Waals surface area (Å²) in [6, 6.07) is -0.291. The molecule has 1 spiro atoms. The quantitative estimate of drug-likeness (QED) is 0.693. The normalized spacial score (nSPS) is 23.9. The fourth-order valence-electron chi connectivity index (χ4n) is 2.78. The number of nitrogens with one attached hydrogen (secondary N) is 1. The summed E-state index contributed by atoms with van der Waals surface area (Å²) in [5.74, 6) is -0.143. The van der Waals surface area contributed by atoms with Crippen molar-refractivity contribution >= 4 is 11.9 Å². The Balaban J connectivity index is 2.17. The highest BCUT2D eigenvalue weighted by atomic mass is 16.3. The number of hydrogen-bond acceptors (Lipinski definition) is 3. The molecule has 0 atom stereocenters. The lowest BCUT2D eigenvalue weighted by molar-refractivity contribution is -0.128. The SMILES string of the molecule is O=C1NC(=O)C2(CCCCC2)N1CCCO. The number of amides is 3. The van der Waals surface area contributed by atoms with E-state index in [1.165, 1.54) is 0 Å². The Hall–Kier alpha value is -1.10. The molecule has 2 N–H and O–H groups in total. The molecule has 5 heteroatoms. The molecule has 2 rings (SSSR count). The van der Waals surface area contributed by atoms with Crippen molar-refractivity contribution in [2.24, 2.45) is 0 Å². The first-order valence-corrected chi connectivity index (χ1v) is 5.95. The molecule has 0 unspecified atom stereocenters. The van der Waals surface area contributed by atoms with Gasteiger partial charge in [0, 0.05) is 13.2 Å². The molecule has 0 aromatic carbocycles. The molecule has 5 nitrogen and oxygen atoms in total. The van der Waals surface area contributed by atoms with Crippen molar-refractivity contribution < 1.29 is 14.7 Å². The van der Waals surface area contributed by atoms with Gasteiger partial charge in [0.1, 0.15) is 5.54 Å². The lowest BCUT2D eigenvalue weighted by atomic mass is 9.80. The summed E-state index contributed by atoms with van der Waals surface area (Å²) in [6.45, 7) is 0.516. The van der Waals surface area contributed by atoms with Gasteiger partial charge in [-0.1, -0.05) is 19.3 Å². The van der Waals surface area contributed by atoms with E-state index < -0.39 is 5.54 Å². The molecule has 16 heavy (non-hydrogen) atoms. The third kappa shape index (κ3) is 1.69. The third-order valence-electron chi connectivity index (χ3n) is 3.63. The average Bonchev–Trinajstić information content (AvgIpc) is 2.50. The summed E-state index contributed by atoms with van der Waals surface area (Å²) in [6.07, 6.45) is 5.18. The van der Waals surface area contributed by atoms with E-state index >= 15 is 0 Å². The van der Waals surface area contributed by atoms with Crippen LogP contribution in [0.25, 0.3) is 0 Å². The van der Waals surface area contributed by atoms with Gasteiger partial charge in [-0.2, -0.15) is 0 Å². The zero-order valence-corrected chi connectivity index (χ0v) is 9.37. The fraction of sp³-hybridized carbons (Fsp3) is 0.818. The van der Waals surface area contributed by atoms with E-state index in [2.05, 4.69) is 5.32 Å². The van der Waals surface area contributed by atoms with Gasteiger partial charge in [0.05, 0.1) is 0 Å². The minimum atomic E-state index is -0.607. The zero-order valence-electron chi connectivity index (χ0n) is 9.37. The number of aliphatic hydroxyl groups is 1. The second-order valence-electron chi connectivity index (χ2n) is 4.58. The van der Waals surface area contributed by atoms with Crippen LogP contribution in [0.4, 0.5) is 4.79 Å². The van der Waals surface area contributed by atoms with Crippen LogP contribution in [0, 0.1) is 0 Å². The van der Waals surface area contributed by atoms with Crippen LogP contribution in [0.15, 0.2) is 0 Å². The summed E-state index contributed by atoms with van der Waals surface area (Å²) in [4.78, 5) is 25.2. The van der Waals surface area contributed by atoms with E-state index in [4.69, 9.17) is 5.11 Å². The minimum Gasteiger partial charge on any atom is -0.396 e. The maximum atomic E-state index is 11.9.